The Bertz CT molecular complexity index is 445. The number of thioether (sulfide) groups is 1. The number of hydrogen-bond donors (Lipinski definition) is 0. The fourth-order valence-electron chi connectivity index (χ4n) is 1.75. The summed E-state index contributed by atoms with van der Waals surface area (Å²) in [6.07, 6.45) is 0.744. The molecular formula is C10H10FNO2S. The van der Waals surface area contributed by atoms with E-state index in [9.17, 15) is 14.5 Å². The van der Waals surface area contributed by atoms with Gasteiger partial charge in [-0.1, -0.05) is 13.8 Å². The van der Waals surface area contributed by atoms with Crippen molar-refractivity contribution in [3.05, 3.63) is 33.6 Å². The van der Waals surface area contributed by atoms with Gasteiger partial charge in [0.2, 0.25) is 5.82 Å². The molecule has 1 aliphatic heterocycles. The van der Waals surface area contributed by atoms with Gasteiger partial charge < -0.3 is 0 Å². The Kier molecular flexibility index (Phi) is 2.22. The van der Waals surface area contributed by atoms with E-state index in [2.05, 4.69) is 0 Å². The quantitative estimate of drug-likeness (QED) is 0.546. The van der Waals surface area contributed by atoms with Crippen molar-refractivity contribution in [2.24, 2.45) is 0 Å². The molecule has 0 fully saturated rings. The molecular weight excluding hydrogens is 217 g/mol. The second-order valence-electron chi connectivity index (χ2n) is 4.21. The largest absolute Gasteiger partial charge is 0.305 e. The Morgan fingerprint density at radius 2 is 2.20 bits per heavy atom. The van der Waals surface area contributed by atoms with Crippen molar-refractivity contribution in [3.63, 3.8) is 0 Å². The third-order valence-corrected chi connectivity index (χ3v) is 3.63. The fourth-order valence-corrected chi connectivity index (χ4v) is 3.00. The van der Waals surface area contributed by atoms with Crippen LogP contribution in [0.3, 0.4) is 0 Å². The smallest absolute Gasteiger partial charge is 0.258 e. The average Bonchev–Trinajstić information content (AvgIpc) is 2.36. The normalized spacial score (nSPS) is 17.5. The number of halogens is 1. The molecule has 2 rings (SSSR count). The summed E-state index contributed by atoms with van der Waals surface area (Å²) < 4.78 is 13.3. The SMILES string of the molecule is CC1(C)Cc2cc([N+](=O)[O-])c(F)cc2S1. The molecule has 3 nitrogen and oxygen atoms in total. The lowest BCUT2D eigenvalue weighted by atomic mass is 10.0. The number of nitro groups is 1. The second kappa shape index (κ2) is 3.20. The third kappa shape index (κ3) is 1.84. The average molecular weight is 227 g/mol. The highest BCUT2D eigenvalue weighted by Gasteiger charge is 2.32. The molecule has 0 unspecified atom stereocenters. The van der Waals surface area contributed by atoms with Crippen molar-refractivity contribution in [3.8, 4) is 0 Å². The molecule has 0 spiro atoms. The number of fused-ring (bicyclic) bond motifs is 1. The van der Waals surface area contributed by atoms with Crippen molar-refractivity contribution in [1.29, 1.82) is 0 Å². The summed E-state index contributed by atoms with van der Waals surface area (Å²) in [4.78, 5) is 10.7. The maximum Gasteiger partial charge on any atom is 0.305 e. The summed E-state index contributed by atoms with van der Waals surface area (Å²) in [6.45, 7) is 4.09. The molecule has 1 aromatic rings. The van der Waals surface area contributed by atoms with E-state index in [-0.39, 0.29) is 4.75 Å². The van der Waals surface area contributed by atoms with E-state index in [1.807, 2.05) is 13.8 Å². The minimum atomic E-state index is -0.746. The zero-order chi connectivity index (χ0) is 11.2. The lowest BCUT2D eigenvalue weighted by Gasteiger charge is -2.13. The highest BCUT2D eigenvalue weighted by atomic mass is 32.2. The van der Waals surface area contributed by atoms with Crippen molar-refractivity contribution in [1.82, 2.24) is 0 Å². The topological polar surface area (TPSA) is 43.1 Å². The first-order valence-electron chi connectivity index (χ1n) is 4.55. The Hall–Kier alpha value is -1.10. The van der Waals surface area contributed by atoms with E-state index in [1.54, 1.807) is 11.8 Å². The summed E-state index contributed by atoms with van der Waals surface area (Å²) in [5.74, 6) is -0.746. The molecule has 1 aromatic carbocycles. The van der Waals surface area contributed by atoms with Crippen LogP contribution in [0.25, 0.3) is 0 Å². The predicted octanol–water partition coefficient (Wildman–Crippen LogP) is 3.16. The number of benzene rings is 1. The van der Waals surface area contributed by atoms with Crippen LogP contribution in [0.4, 0.5) is 10.1 Å². The van der Waals surface area contributed by atoms with Gasteiger partial charge in [0.1, 0.15) is 0 Å². The highest BCUT2D eigenvalue weighted by Crippen LogP contribution is 2.46. The zero-order valence-electron chi connectivity index (χ0n) is 8.41. The molecule has 0 saturated heterocycles. The van der Waals surface area contributed by atoms with E-state index in [4.69, 9.17) is 0 Å². The second-order valence-corrected chi connectivity index (χ2v) is 5.96. The molecule has 0 aliphatic carbocycles. The first-order valence-corrected chi connectivity index (χ1v) is 5.36. The molecule has 1 heterocycles. The summed E-state index contributed by atoms with van der Waals surface area (Å²) in [5.41, 5.74) is 0.449. The maximum atomic E-state index is 13.3. The van der Waals surface area contributed by atoms with Crippen LogP contribution in [0.1, 0.15) is 19.4 Å². The van der Waals surface area contributed by atoms with Gasteiger partial charge in [0, 0.05) is 15.7 Å². The van der Waals surface area contributed by atoms with E-state index in [0.717, 1.165) is 16.9 Å². The van der Waals surface area contributed by atoms with E-state index >= 15 is 0 Å². The lowest BCUT2D eigenvalue weighted by Crippen LogP contribution is -2.11. The Balaban J connectivity index is 2.50. The fraction of sp³-hybridized carbons (Fsp3) is 0.400. The molecule has 0 radical (unpaired) electrons. The molecule has 0 amide bonds. The number of hydrogen-bond acceptors (Lipinski definition) is 3. The first kappa shape index (κ1) is 10.4. The third-order valence-electron chi connectivity index (χ3n) is 2.33. The monoisotopic (exact) mass is 227 g/mol. The Morgan fingerprint density at radius 1 is 1.53 bits per heavy atom. The molecule has 0 N–H and O–H groups in total. The number of nitrogens with zero attached hydrogens (tertiary/aromatic N) is 1. The lowest BCUT2D eigenvalue weighted by molar-refractivity contribution is -0.387. The molecule has 15 heavy (non-hydrogen) atoms. The van der Waals surface area contributed by atoms with Crippen LogP contribution in [0, 0.1) is 15.9 Å². The van der Waals surface area contributed by atoms with Gasteiger partial charge in [-0.15, -0.1) is 11.8 Å². The summed E-state index contributed by atoms with van der Waals surface area (Å²) in [5, 5.41) is 10.5. The van der Waals surface area contributed by atoms with Crippen molar-refractivity contribution >= 4 is 17.4 Å². The van der Waals surface area contributed by atoms with Crippen LogP contribution in [0.5, 0.6) is 0 Å². The Morgan fingerprint density at radius 3 is 2.80 bits per heavy atom. The summed E-state index contributed by atoms with van der Waals surface area (Å²) in [7, 11) is 0. The van der Waals surface area contributed by atoms with Gasteiger partial charge in [-0.05, 0) is 18.1 Å². The van der Waals surface area contributed by atoms with Crippen LogP contribution < -0.4 is 0 Å². The van der Waals surface area contributed by atoms with Crippen LogP contribution >= 0.6 is 11.8 Å². The van der Waals surface area contributed by atoms with Crippen molar-refractivity contribution < 1.29 is 9.31 Å². The van der Waals surface area contributed by atoms with Crippen molar-refractivity contribution in [2.45, 2.75) is 29.9 Å². The van der Waals surface area contributed by atoms with Crippen LogP contribution in [0.2, 0.25) is 0 Å². The molecule has 0 atom stereocenters. The molecule has 1 aliphatic rings. The maximum absolute atomic E-state index is 13.3. The summed E-state index contributed by atoms with van der Waals surface area (Å²) in [6, 6.07) is 2.62. The zero-order valence-corrected chi connectivity index (χ0v) is 9.23. The highest BCUT2D eigenvalue weighted by molar-refractivity contribution is 8.01. The molecule has 0 bridgehead atoms. The predicted molar refractivity (Wildman–Crippen MR) is 56.7 cm³/mol. The van der Waals surface area contributed by atoms with Gasteiger partial charge in [0.05, 0.1) is 4.92 Å². The molecule has 0 aromatic heterocycles. The molecule has 5 heteroatoms. The van der Waals surface area contributed by atoms with Crippen LogP contribution in [-0.2, 0) is 6.42 Å². The first-order chi connectivity index (χ1) is 6.89. The van der Waals surface area contributed by atoms with Crippen LogP contribution in [-0.4, -0.2) is 9.67 Å². The Labute approximate surface area is 90.8 Å². The number of rotatable bonds is 1. The molecule has 80 valence electrons. The van der Waals surface area contributed by atoms with Gasteiger partial charge in [-0.3, -0.25) is 10.1 Å². The van der Waals surface area contributed by atoms with Gasteiger partial charge in [0.25, 0.3) is 0 Å². The molecule has 0 saturated carbocycles. The standard InChI is InChI=1S/C10H10FNO2S/c1-10(2)5-6-3-8(12(13)14)7(11)4-9(6)15-10/h3-4H,5H2,1-2H3. The van der Waals surface area contributed by atoms with Gasteiger partial charge in [0.15, 0.2) is 0 Å². The van der Waals surface area contributed by atoms with E-state index < -0.39 is 16.4 Å². The van der Waals surface area contributed by atoms with Gasteiger partial charge in [-0.2, -0.15) is 4.39 Å². The summed E-state index contributed by atoms with van der Waals surface area (Å²) >= 11 is 1.57. The van der Waals surface area contributed by atoms with E-state index in [1.165, 1.54) is 12.1 Å². The van der Waals surface area contributed by atoms with Gasteiger partial charge >= 0.3 is 5.69 Å². The minimum absolute atomic E-state index is 0.00396. The number of nitro benzene ring substituents is 1. The minimum Gasteiger partial charge on any atom is -0.258 e. The van der Waals surface area contributed by atoms with E-state index in [0.29, 0.717) is 0 Å². The van der Waals surface area contributed by atoms with Gasteiger partial charge in [-0.25, -0.2) is 0 Å². The van der Waals surface area contributed by atoms with Crippen LogP contribution in [0.15, 0.2) is 17.0 Å². The van der Waals surface area contributed by atoms with Crippen molar-refractivity contribution in [2.75, 3.05) is 0 Å².